The van der Waals surface area contributed by atoms with Crippen molar-refractivity contribution in [2.24, 2.45) is 0 Å². The number of urea groups is 1. The summed E-state index contributed by atoms with van der Waals surface area (Å²) in [6.45, 7) is 8.41. The molecular formula is C29H34N2O3S. The number of sulfone groups is 1. The Labute approximate surface area is 208 Å². The highest BCUT2D eigenvalue weighted by molar-refractivity contribution is 7.93. The van der Waals surface area contributed by atoms with E-state index >= 15 is 0 Å². The maximum absolute atomic E-state index is 13.9. The molecule has 0 heterocycles. The average molecular weight is 491 g/mol. The predicted molar refractivity (Wildman–Crippen MR) is 142 cm³/mol. The molecule has 6 heteroatoms. The summed E-state index contributed by atoms with van der Waals surface area (Å²) in [6, 6.07) is 22.0. The van der Waals surface area contributed by atoms with Gasteiger partial charge in [0, 0.05) is 12.2 Å². The summed E-state index contributed by atoms with van der Waals surface area (Å²) >= 11 is 0. The van der Waals surface area contributed by atoms with Crippen molar-refractivity contribution in [3.8, 4) is 0 Å². The van der Waals surface area contributed by atoms with E-state index in [-0.39, 0.29) is 23.3 Å². The molecule has 0 atom stereocenters. The van der Waals surface area contributed by atoms with Gasteiger partial charge in [-0.25, -0.2) is 13.2 Å². The SMILES string of the molecule is CC(C)c1cccc(C(C)C)c1NC(=O)NCC1(S(=O)(=O)c2ccccc2)Cc2ccccc2C1. The van der Waals surface area contributed by atoms with E-state index in [1.807, 2.05) is 42.5 Å². The summed E-state index contributed by atoms with van der Waals surface area (Å²) < 4.78 is 26.7. The molecule has 0 saturated heterocycles. The zero-order valence-corrected chi connectivity index (χ0v) is 21.7. The maximum Gasteiger partial charge on any atom is 0.319 e. The van der Waals surface area contributed by atoms with Crippen LogP contribution in [-0.4, -0.2) is 25.7 Å². The Hall–Kier alpha value is -3.12. The van der Waals surface area contributed by atoms with E-state index in [1.54, 1.807) is 30.3 Å². The highest BCUT2D eigenvalue weighted by Gasteiger charge is 2.49. The van der Waals surface area contributed by atoms with E-state index in [1.165, 1.54) is 0 Å². The molecule has 184 valence electrons. The van der Waals surface area contributed by atoms with Gasteiger partial charge in [0.25, 0.3) is 0 Å². The van der Waals surface area contributed by atoms with Crippen molar-refractivity contribution in [3.05, 3.63) is 95.1 Å². The van der Waals surface area contributed by atoms with Crippen LogP contribution in [0.15, 0.2) is 77.7 Å². The number of fused-ring (bicyclic) bond motifs is 1. The van der Waals surface area contributed by atoms with Gasteiger partial charge >= 0.3 is 6.03 Å². The maximum atomic E-state index is 13.9. The summed E-state index contributed by atoms with van der Waals surface area (Å²) in [5.41, 5.74) is 4.96. The lowest BCUT2D eigenvalue weighted by Crippen LogP contribution is -2.50. The van der Waals surface area contributed by atoms with Gasteiger partial charge in [0.05, 0.1) is 4.90 Å². The van der Waals surface area contributed by atoms with Crippen molar-refractivity contribution < 1.29 is 13.2 Å². The smallest absolute Gasteiger partial charge is 0.319 e. The Morgan fingerprint density at radius 3 is 1.83 bits per heavy atom. The first kappa shape index (κ1) is 25.0. The summed E-state index contributed by atoms with van der Waals surface area (Å²) in [4.78, 5) is 13.5. The van der Waals surface area contributed by atoms with Crippen LogP contribution < -0.4 is 10.6 Å². The van der Waals surface area contributed by atoms with Crippen molar-refractivity contribution >= 4 is 21.6 Å². The van der Waals surface area contributed by atoms with E-state index in [0.29, 0.717) is 12.8 Å². The molecule has 0 spiro atoms. The van der Waals surface area contributed by atoms with Crippen LogP contribution in [0.4, 0.5) is 10.5 Å². The molecule has 0 fully saturated rings. The van der Waals surface area contributed by atoms with E-state index in [2.05, 4.69) is 38.3 Å². The van der Waals surface area contributed by atoms with Gasteiger partial charge in [0.2, 0.25) is 0 Å². The number of carbonyl (C=O) groups excluding carboxylic acids is 1. The third-order valence-corrected chi connectivity index (χ3v) is 9.42. The fourth-order valence-electron chi connectivity index (χ4n) is 5.01. The highest BCUT2D eigenvalue weighted by Crippen LogP contribution is 2.39. The van der Waals surface area contributed by atoms with E-state index in [0.717, 1.165) is 27.9 Å². The molecular weight excluding hydrogens is 456 g/mol. The second-order valence-electron chi connectivity index (χ2n) is 10.1. The highest BCUT2D eigenvalue weighted by atomic mass is 32.2. The number of carbonyl (C=O) groups is 1. The average Bonchev–Trinajstić information content (AvgIpc) is 3.24. The molecule has 0 aromatic heterocycles. The van der Waals surface area contributed by atoms with Gasteiger partial charge in [-0.3, -0.25) is 0 Å². The Morgan fingerprint density at radius 2 is 1.31 bits per heavy atom. The number of anilines is 1. The second kappa shape index (κ2) is 9.86. The van der Waals surface area contributed by atoms with Gasteiger partial charge in [0.1, 0.15) is 4.75 Å². The first-order chi connectivity index (χ1) is 16.6. The van der Waals surface area contributed by atoms with Gasteiger partial charge < -0.3 is 10.6 Å². The zero-order chi connectivity index (χ0) is 25.2. The lowest BCUT2D eigenvalue weighted by Gasteiger charge is -2.29. The standard InChI is InChI=1S/C29H34N2O3S/c1-20(2)25-15-10-16-26(21(3)4)27(25)31-28(32)30-19-29(17-22-11-8-9-12-23(22)18-29)35(33,34)24-13-6-5-7-14-24/h5-16,20-21H,17-19H2,1-4H3,(H2,30,31,32). The summed E-state index contributed by atoms with van der Waals surface area (Å²) in [5, 5.41) is 5.98. The molecule has 0 bridgehead atoms. The quantitative estimate of drug-likeness (QED) is 0.422. The van der Waals surface area contributed by atoms with Crippen molar-refractivity contribution in [3.63, 3.8) is 0 Å². The van der Waals surface area contributed by atoms with Crippen molar-refractivity contribution in [1.29, 1.82) is 0 Å². The Morgan fingerprint density at radius 1 is 0.800 bits per heavy atom. The molecule has 2 N–H and O–H groups in total. The summed E-state index contributed by atoms with van der Waals surface area (Å²) in [7, 11) is -3.72. The number of hydrogen-bond acceptors (Lipinski definition) is 3. The second-order valence-corrected chi connectivity index (χ2v) is 12.4. The predicted octanol–water partition coefficient (Wildman–Crippen LogP) is 6.07. The van der Waals surface area contributed by atoms with Crippen LogP contribution in [0.3, 0.4) is 0 Å². The molecule has 5 nitrogen and oxygen atoms in total. The lowest BCUT2D eigenvalue weighted by atomic mass is 9.93. The van der Waals surface area contributed by atoms with E-state index < -0.39 is 20.6 Å². The van der Waals surface area contributed by atoms with Crippen LogP contribution in [0.1, 0.15) is 61.8 Å². The van der Waals surface area contributed by atoms with Gasteiger partial charge in [0.15, 0.2) is 9.84 Å². The molecule has 3 aromatic rings. The first-order valence-electron chi connectivity index (χ1n) is 12.2. The molecule has 1 aliphatic rings. The minimum Gasteiger partial charge on any atom is -0.336 e. The number of benzene rings is 3. The third kappa shape index (κ3) is 4.85. The largest absolute Gasteiger partial charge is 0.336 e. The Bertz CT molecular complexity index is 1260. The minimum absolute atomic E-state index is 0.0194. The van der Waals surface area contributed by atoms with Crippen LogP contribution in [0.25, 0.3) is 0 Å². The summed E-state index contributed by atoms with van der Waals surface area (Å²) in [5.74, 6) is 0.469. The topological polar surface area (TPSA) is 75.3 Å². The molecule has 2 amide bonds. The monoisotopic (exact) mass is 490 g/mol. The van der Waals surface area contributed by atoms with E-state index in [9.17, 15) is 13.2 Å². The minimum atomic E-state index is -3.72. The van der Waals surface area contributed by atoms with Crippen molar-refractivity contribution in [1.82, 2.24) is 5.32 Å². The number of nitrogens with one attached hydrogen (secondary N) is 2. The van der Waals surface area contributed by atoms with Gasteiger partial charge in [-0.15, -0.1) is 0 Å². The number of hydrogen-bond donors (Lipinski definition) is 2. The van der Waals surface area contributed by atoms with Crippen LogP contribution in [0, 0.1) is 0 Å². The molecule has 4 rings (SSSR count). The van der Waals surface area contributed by atoms with Gasteiger partial charge in [-0.2, -0.15) is 0 Å². The van der Waals surface area contributed by atoms with Crippen molar-refractivity contribution in [2.75, 3.05) is 11.9 Å². The third-order valence-electron chi connectivity index (χ3n) is 6.95. The van der Waals surface area contributed by atoms with Crippen LogP contribution in [0.2, 0.25) is 0 Å². The van der Waals surface area contributed by atoms with Gasteiger partial charge in [-0.05, 0) is 59.1 Å². The van der Waals surface area contributed by atoms with E-state index in [4.69, 9.17) is 0 Å². The van der Waals surface area contributed by atoms with Crippen LogP contribution >= 0.6 is 0 Å². The van der Waals surface area contributed by atoms with Crippen LogP contribution in [0.5, 0.6) is 0 Å². The first-order valence-corrected chi connectivity index (χ1v) is 13.7. The lowest BCUT2D eigenvalue weighted by molar-refractivity contribution is 0.250. The Kier molecular flexibility index (Phi) is 7.04. The van der Waals surface area contributed by atoms with Crippen LogP contribution in [-0.2, 0) is 22.7 Å². The Balaban J connectivity index is 1.63. The van der Waals surface area contributed by atoms with Crippen molar-refractivity contribution in [2.45, 2.75) is 62.0 Å². The van der Waals surface area contributed by atoms with Gasteiger partial charge in [-0.1, -0.05) is 88.4 Å². The molecule has 0 aliphatic heterocycles. The zero-order valence-electron chi connectivity index (χ0n) is 20.8. The molecule has 0 radical (unpaired) electrons. The number of para-hydroxylation sites is 1. The fraction of sp³-hybridized carbons (Fsp3) is 0.345. The molecule has 35 heavy (non-hydrogen) atoms. The number of rotatable bonds is 7. The fourth-order valence-corrected chi connectivity index (χ4v) is 6.98. The molecule has 3 aromatic carbocycles. The number of amides is 2. The normalized spacial score (nSPS) is 14.7. The molecule has 1 aliphatic carbocycles. The molecule has 0 saturated carbocycles. The molecule has 0 unspecified atom stereocenters. The summed E-state index contributed by atoms with van der Waals surface area (Å²) in [6.07, 6.45) is 0.723.